The number of ether oxygens (including phenoxy) is 2. The molecule has 66 valence electrons. The molecule has 0 N–H and O–H groups in total. The average molecular weight is 160 g/mol. The van der Waals surface area contributed by atoms with Crippen LogP contribution in [0.2, 0.25) is 0 Å². The third-order valence-electron chi connectivity index (χ3n) is 1.99. The zero-order chi connectivity index (χ0) is 8.91. The van der Waals surface area contributed by atoms with Crippen molar-refractivity contribution in [1.82, 2.24) is 0 Å². The van der Waals surface area contributed by atoms with Gasteiger partial charge >= 0.3 is 5.97 Å². The average Bonchev–Trinajstić information content (AvgIpc) is 2.04. The second-order valence-electron chi connectivity index (χ2n) is 2.76. The van der Waals surface area contributed by atoms with Crippen LogP contribution in [0.5, 0.6) is 0 Å². The predicted octanol–water partition coefficient (Wildman–Crippen LogP) is 1.36. The van der Waals surface area contributed by atoms with Crippen molar-refractivity contribution in [1.29, 1.82) is 0 Å². The highest BCUT2D eigenvalue weighted by Crippen LogP contribution is 2.18. The van der Waals surface area contributed by atoms with Crippen LogP contribution in [-0.2, 0) is 14.3 Å². The number of esters is 1. The van der Waals surface area contributed by atoms with Crippen LogP contribution < -0.4 is 0 Å². The van der Waals surface area contributed by atoms with Crippen LogP contribution >= 0.6 is 0 Å². The lowest BCUT2D eigenvalue weighted by atomic mass is 9.99. The van der Waals surface area contributed by atoms with Crippen molar-refractivity contribution in [3.8, 4) is 0 Å². The van der Waals surface area contributed by atoms with E-state index < -0.39 is 0 Å². The van der Waals surface area contributed by atoms with Crippen LogP contribution in [0.3, 0.4) is 0 Å². The summed E-state index contributed by atoms with van der Waals surface area (Å²) in [5.41, 5.74) is -0.368. The summed E-state index contributed by atoms with van der Waals surface area (Å²) >= 11 is 0. The summed E-state index contributed by atoms with van der Waals surface area (Å²) in [5.74, 6) is -0.226. The third-order valence-corrected chi connectivity index (χ3v) is 1.99. The lowest BCUT2D eigenvalue weighted by Crippen LogP contribution is -2.30. The molecule has 3 nitrogen and oxygen atoms in total. The van der Waals surface area contributed by atoms with E-state index in [0.717, 1.165) is 6.42 Å². The summed E-state index contributed by atoms with van der Waals surface area (Å²) in [6.07, 6.45) is 1.12. The lowest BCUT2D eigenvalue weighted by Gasteiger charge is -2.24. The van der Waals surface area contributed by atoms with Crippen molar-refractivity contribution in [3.05, 3.63) is 0 Å². The van der Waals surface area contributed by atoms with Crippen molar-refractivity contribution >= 4 is 5.97 Å². The van der Waals surface area contributed by atoms with Crippen LogP contribution in [-0.4, -0.2) is 25.8 Å². The first-order valence-corrected chi connectivity index (χ1v) is 3.70. The molecule has 0 aliphatic carbocycles. The molecule has 0 saturated heterocycles. The third kappa shape index (κ3) is 3.37. The van der Waals surface area contributed by atoms with Gasteiger partial charge in [0, 0.05) is 7.11 Å². The Bertz CT molecular complexity index is 127. The molecule has 0 fully saturated rings. The van der Waals surface area contributed by atoms with Crippen LogP contribution in [0.25, 0.3) is 0 Å². The highest BCUT2D eigenvalue weighted by Gasteiger charge is 2.25. The second-order valence-corrected chi connectivity index (χ2v) is 2.76. The van der Waals surface area contributed by atoms with Crippen molar-refractivity contribution < 1.29 is 14.3 Å². The maximum atomic E-state index is 10.8. The van der Waals surface area contributed by atoms with Gasteiger partial charge in [-0.05, 0) is 13.3 Å². The van der Waals surface area contributed by atoms with Crippen molar-refractivity contribution in [3.63, 3.8) is 0 Å². The summed E-state index contributed by atoms with van der Waals surface area (Å²) in [6.45, 7) is 3.87. The molecule has 0 spiro atoms. The molecule has 0 aromatic carbocycles. The van der Waals surface area contributed by atoms with E-state index in [2.05, 4.69) is 4.74 Å². The summed E-state index contributed by atoms with van der Waals surface area (Å²) in [5, 5.41) is 0. The molecular weight excluding hydrogens is 144 g/mol. The largest absolute Gasteiger partial charge is 0.469 e. The lowest BCUT2D eigenvalue weighted by molar-refractivity contribution is -0.147. The van der Waals surface area contributed by atoms with Crippen LogP contribution in [0.1, 0.15) is 26.7 Å². The fourth-order valence-electron chi connectivity index (χ4n) is 0.719. The summed E-state index contributed by atoms with van der Waals surface area (Å²) in [4.78, 5) is 10.8. The van der Waals surface area contributed by atoms with E-state index >= 15 is 0 Å². The molecule has 3 heteroatoms. The van der Waals surface area contributed by atoms with Crippen LogP contribution in [0.15, 0.2) is 0 Å². The molecule has 0 aromatic heterocycles. The molecule has 0 aromatic rings. The Labute approximate surface area is 67.7 Å². The van der Waals surface area contributed by atoms with Gasteiger partial charge in [-0.25, -0.2) is 0 Å². The fraction of sp³-hybridized carbons (Fsp3) is 0.875. The minimum Gasteiger partial charge on any atom is -0.469 e. The van der Waals surface area contributed by atoms with Gasteiger partial charge in [0.2, 0.25) is 0 Å². The zero-order valence-corrected chi connectivity index (χ0v) is 7.64. The van der Waals surface area contributed by atoms with E-state index in [4.69, 9.17) is 4.74 Å². The number of rotatable bonds is 4. The minimum absolute atomic E-state index is 0.226. The number of hydrogen-bond acceptors (Lipinski definition) is 3. The van der Waals surface area contributed by atoms with Gasteiger partial charge < -0.3 is 9.47 Å². The molecule has 1 unspecified atom stereocenters. The molecule has 11 heavy (non-hydrogen) atoms. The van der Waals surface area contributed by atoms with E-state index in [1.54, 1.807) is 7.11 Å². The Morgan fingerprint density at radius 2 is 2.00 bits per heavy atom. The first kappa shape index (κ1) is 10.4. The van der Waals surface area contributed by atoms with E-state index in [1.807, 2.05) is 13.8 Å². The monoisotopic (exact) mass is 160 g/mol. The number of methoxy groups -OCH3 is 2. The highest BCUT2D eigenvalue weighted by atomic mass is 16.5. The molecule has 0 bridgehead atoms. The van der Waals surface area contributed by atoms with Gasteiger partial charge in [-0.15, -0.1) is 0 Å². The van der Waals surface area contributed by atoms with Crippen LogP contribution in [0.4, 0.5) is 0 Å². The molecule has 0 aliphatic heterocycles. The van der Waals surface area contributed by atoms with Gasteiger partial charge in [-0.2, -0.15) is 0 Å². The number of hydrogen-bond donors (Lipinski definition) is 0. The van der Waals surface area contributed by atoms with Gasteiger partial charge in [0.1, 0.15) is 0 Å². The van der Waals surface area contributed by atoms with E-state index in [9.17, 15) is 4.79 Å². The Hall–Kier alpha value is -0.570. The first-order valence-electron chi connectivity index (χ1n) is 3.70. The summed E-state index contributed by atoms with van der Waals surface area (Å²) in [6, 6.07) is 0. The standard InChI is InChI=1S/C8H16O3/c1-5-8(2,11-4)6-7(9)10-3/h5-6H2,1-4H3. The van der Waals surface area contributed by atoms with E-state index in [-0.39, 0.29) is 11.6 Å². The predicted molar refractivity (Wildman–Crippen MR) is 42.3 cm³/mol. The Morgan fingerprint density at radius 1 is 1.45 bits per heavy atom. The van der Waals surface area contributed by atoms with Crippen molar-refractivity contribution in [2.24, 2.45) is 0 Å². The maximum Gasteiger partial charge on any atom is 0.308 e. The quantitative estimate of drug-likeness (QED) is 0.582. The van der Waals surface area contributed by atoms with Gasteiger partial charge in [0.15, 0.2) is 0 Å². The van der Waals surface area contributed by atoms with E-state index in [0.29, 0.717) is 6.42 Å². The van der Waals surface area contributed by atoms with Crippen LogP contribution in [0, 0.1) is 0 Å². The topological polar surface area (TPSA) is 35.5 Å². The fourth-order valence-corrected chi connectivity index (χ4v) is 0.719. The maximum absolute atomic E-state index is 10.8. The van der Waals surface area contributed by atoms with Crippen molar-refractivity contribution in [2.75, 3.05) is 14.2 Å². The number of carbonyl (C=O) groups is 1. The molecule has 0 rings (SSSR count). The van der Waals surface area contributed by atoms with Gasteiger partial charge in [0.05, 0.1) is 19.1 Å². The second kappa shape index (κ2) is 4.34. The molecule has 0 aliphatic rings. The first-order chi connectivity index (χ1) is 5.08. The molecule has 0 saturated carbocycles. The zero-order valence-electron chi connectivity index (χ0n) is 7.64. The van der Waals surface area contributed by atoms with Gasteiger partial charge in [-0.1, -0.05) is 6.92 Å². The summed E-state index contributed by atoms with van der Waals surface area (Å²) in [7, 11) is 2.99. The summed E-state index contributed by atoms with van der Waals surface area (Å²) < 4.78 is 9.69. The normalized spacial score (nSPS) is 15.6. The molecule has 0 heterocycles. The number of carbonyl (C=O) groups excluding carboxylic acids is 1. The van der Waals surface area contributed by atoms with Gasteiger partial charge in [0.25, 0.3) is 0 Å². The van der Waals surface area contributed by atoms with E-state index in [1.165, 1.54) is 7.11 Å². The minimum atomic E-state index is -0.368. The molecular formula is C8H16O3. The molecule has 0 amide bonds. The molecule has 1 atom stereocenters. The Morgan fingerprint density at radius 3 is 2.27 bits per heavy atom. The van der Waals surface area contributed by atoms with Crippen molar-refractivity contribution in [2.45, 2.75) is 32.3 Å². The SMILES string of the molecule is CCC(C)(CC(=O)OC)OC. The smallest absolute Gasteiger partial charge is 0.308 e. The van der Waals surface area contributed by atoms with Gasteiger partial charge in [-0.3, -0.25) is 4.79 Å². The Kier molecular flexibility index (Phi) is 4.11. The molecule has 0 radical (unpaired) electrons. The Balaban J connectivity index is 3.96. The highest BCUT2D eigenvalue weighted by molar-refractivity contribution is 5.70.